The average molecular weight is 264 g/mol. The van der Waals surface area contributed by atoms with Crippen LogP contribution in [0.2, 0.25) is 0 Å². The smallest absolute Gasteiger partial charge is 0.126 e. The molecule has 18 heavy (non-hydrogen) atoms. The molecular formula is C13H10F2N2S. The van der Waals surface area contributed by atoms with E-state index in [9.17, 15) is 8.78 Å². The van der Waals surface area contributed by atoms with Crippen LogP contribution in [0.25, 0.3) is 0 Å². The first kappa shape index (κ1) is 12.7. The highest BCUT2D eigenvalue weighted by molar-refractivity contribution is 7.09. The summed E-state index contributed by atoms with van der Waals surface area (Å²) in [6.07, 6.45) is 0. The molecule has 92 valence electrons. The van der Waals surface area contributed by atoms with Crippen molar-refractivity contribution in [3.8, 4) is 6.07 Å². The van der Waals surface area contributed by atoms with Gasteiger partial charge in [0.05, 0.1) is 6.07 Å². The van der Waals surface area contributed by atoms with Gasteiger partial charge in [0.1, 0.15) is 17.7 Å². The predicted octanol–water partition coefficient (Wildman–Crippen LogP) is 3.38. The number of halogens is 2. The van der Waals surface area contributed by atoms with E-state index in [4.69, 9.17) is 5.26 Å². The van der Waals surface area contributed by atoms with Crippen LogP contribution in [0.5, 0.6) is 0 Å². The molecule has 0 aliphatic rings. The van der Waals surface area contributed by atoms with Crippen LogP contribution in [-0.4, -0.2) is 0 Å². The molecule has 0 saturated heterocycles. The molecule has 1 N–H and O–H groups in total. The third kappa shape index (κ3) is 3.13. The van der Waals surface area contributed by atoms with Gasteiger partial charge in [-0.05, 0) is 29.1 Å². The molecule has 1 heterocycles. The van der Waals surface area contributed by atoms with Crippen LogP contribution in [0.1, 0.15) is 16.5 Å². The molecule has 2 nitrogen and oxygen atoms in total. The molecule has 2 rings (SSSR count). The minimum Gasteiger partial charge on any atom is -0.293 e. The molecule has 0 spiro atoms. The van der Waals surface area contributed by atoms with Gasteiger partial charge >= 0.3 is 0 Å². The zero-order valence-corrected chi connectivity index (χ0v) is 10.2. The largest absolute Gasteiger partial charge is 0.293 e. The van der Waals surface area contributed by atoms with E-state index in [1.54, 1.807) is 11.3 Å². The molecule has 0 radical (unpaired) electrons. The van der Waals surface area contributed by atoms with E-state index in [2.05, 4.69) is 5.32 Å². The van der Waals surface area contributed by atoms with E-state index >= 15 is 0 Å². The van der Waals surface area contributed by atoms with E-state index in [1.165, 1.54) is 12.1 Å². The normalized spacial score (nSPS) is 12.1. The molecule has 1 aromatic carbocycles. The number of rotatable bonds is 4. The van der Waals surface area contributed by atoms with Gasteiger partial charge in [0.2, 0.25) is 0 Å². The van der Waals surface area contributed by atoms with Crippen molar-refractivity contribution in [1.82, 2.24) is 5.32 Å². The quantitative estimate of drug-likeness (QED) is 0.919. The van der Waals surface area contributed by atoms with Crippen LogP contribution in [0.4, 0.5) is 8.78 Å². The first-order valence-corrected chi connectivity index (χ1v) is 6.18. The number of hydrogen-bond acceptors (Lipinski definition) is 3. The molecule has 0 aliphatic carbocycles. The monoisotopic (exact) mass is 264 g/mol. The summed E-state index contributed by atoms with van der Waals surface area (Å²) in [5.74, 6) is -1.36. The average Bonchev–Trinajstić information content (AvgIpc) is 2.81. The summed E-state index contributed by atoms with van der Waals surface area (Å²) in [6.45, 7) is 0.494. The van der Waals surface area contributed by atoms with Crippen molar-refractivity contribution in [2.75, 3.05) is 0 Å². The van der Waals surface area contributed by atoms with Crippen LogP contribution in [0, 0.1) is 23.0 Å². The van der Waals surface area contributed by atoms with Crippen LogP contribution >= 0.6 is 11.3 Å². The molecule has 0 saturated carbocycles. The van der Waals surface area contributed by atoms with Crippen LogP contribution in [0.3, 0.4) is 0 Å². The Hall–Kier alpha value is -1.77. The van der Waals surface area contributed by atoms with E-state index in [0.29, 0.717) is 12.1 Å². The van der Waals surface area contributed by atoms with Gasteiger partial charge in [0.25, 0.3) is 0 Å². The fraction of sp³-hybridized carbons (Fsp3) is 0.154. The second-order valence-corrected chi connectivity index (χ2v) is 4.76. The van der Waals surface area contributed by atoms with Gasteiger partial charge < -0.3 is 0 Å². The van der Waals surface area contributed by atoms with Crippen LogP contribution < -0.4 is 5.32 Å². The lowest BCUT2D eigenvalue weighted by Crippen LogP contribution is -2.19. The maximum atomic E-state index is 13.1. The van der Waals surface area contributed by atoms with Crippen LogP contribution in [-0.2, 0) is 6.54 Å². The van der Waals surface area contributed by atoms with Gasteiger partial charge in [-0.25, -0.2) is 8.78 Å². The SMILES string of the molecule is N#CC(NCc1cccs1)c1cc(F)cc(F)c1. The summed E-state index contributed by atoms with van der Waals surface area (Å²) in [4.78, 5) is 1.06. The molecule has 1 atom stereocenters. The van der Waals surface area contributed by atoms with Crippen molar-refractivity contribution >= 4 is 11.3 Å². The first-order chi connectivity index (χ1) is 8.69. The lowest BCUT2D eigenvalue weighted by Gasteiger charge is -2.11. The summed E-state index contributed by atoms with van der Waals surface area (Å²) in [5, 5.41) is 13.9. The molecule has 5 heteroatoms. The van der Waals surface area contributed by atoms with E-state index in [0.717, 1.165) is 10.9 Å². The molecule has 2 aromatic rings. The Kier molecular flexibility index (Phi) is 4.03. The second-order valence-electron chi connectivity index (χ2n) is 3.73. The molecule has 1 aromatic heterocycles. The highest BCUT2D eigenvalue weighted by Crippen LogP contribution is 2.17. The van der Waals surface area contributed by atoms with E-state index in [1.807, 2.05) is 23.6 Å². The summed E-state index contributed by atoms with van der Waals surface area (Å²) >= 11 is 1.56. The lowest BCUT2D eigenvalue weighted by molar-refractivity contribution is 0.567. The zero-order valence-electron chi connectivity index (χ0n) is 9.36. The number of hydrogen-bond donors (Lipinski definition) is 1. The van der Waals surface area contributed by atoms with Gasteiger partial charge in [-0.1, -0.05) is 6.07 Å². The maximum Gasteiger partial charge on any atom is 0.126 e. The Balaban J connectivity index is 2.11. The molecular weight excluding hydrogens is 254 g/mol. The standard InChI is InChI=1S/C13H10F2N2S/c14-10-4-9(5-11(15)6-10)13(7-16)17-8-12-2-1-3-18-12/h1-6,13,17H,8H2. The number of nitriles is 1. The lowest BCUT2D eigenvalue weighted by atomic mass is 10.1. The molecule has 0 aliphatic heterocycles. The van der Waals surface area contributed by atoms with Crippen molar-refractivity contribution in [3.63, 3.8) is 0 Å². The summed E-state index contributed by atoms with van der Waals surface area (Å²) in [7, 11) is 0. The minimum atomic E-state index is -0.725. The Labute approximate surface area is 107 Å². The molecule has 0 fully saturated rings. The van der Waals surface area contributed by atoms with Gasteiger partial charge in [-0.3, -0.25) is 5.32 Å². The summed E-state index contributed by atoms with van der Waals surface area (Å²) < 4.78 is 26.1. The third-order valence-corrected chi connectivity index (χ3v) is 3.28. The van der Waals surface area contributed by atoms with Crippen molar-refractivity contribution in [3.05, 3.63) is 57.8 Å². The van der Waals surface area contributed by atoms with Crippen molar-refractivity contribution in [1.29, 1.82) is 5.26 Å². The van der Waals surface area contributed by atoms with Crippen LogP contribution in [0.15, 0.2) is 35.7 Å². The fourth-order valence-electron chi connectivity index (χ4n) is 1.60. The Morgan fingerprint density at radius 1 is 1.28 bits per heavy atom. The zero-order chi connectivity index (χ0) is 13.0. The Bertz CT molecular complexity index is 541. The van der Waals surface area contributed by atoms with E-state index < -0.39 is 17.7 Å². The summed E-state index contributed by atoms with van der Waals surface area (Å²) in [6, 6.07) is 8.23. The predicted molar refractivity (Wildman–Crippen MR) is 65.9 cm³/mol. The van der Waals surface area contributed by atoms with E-state index in [-0.39, 0.29) is 0 Å². The third-order valence-electron chi connectivity index (χ3n) is 2.41. The number of nitrogens with zero attached hydrogens (tertiary/aromatic N) is 1. The minimum absolute atomic E-state index is 0.298. The number of thiophene rings is 1. The number of nitrogens with one attached hydrogen (secondary N) is 1. The van der Waals surface area contributed by atoms with Gasteiger partial charge in [-0.2, -0.15) is 5.26 Å². The molecule has 1 unspecified atom stereocenters. The van der Waals surface area contributed by atoms with Gasteiger partial charge in [0, 0.05) is 17.5 Å². The second kappa shape index (κ2) is 5.71. The molecule has 0 bridgehead atoms. The summed E-state index contributed by atoms with van der Waals surface area (Å²) in [5.41, 5.74) is 0.298. The fourth-order valence-corrected chi connectivity index (χ4v) is 2.25. The highest BCUT2D eigenvalue weighted by Gasteiger charge is 2.12. The van der Waals surface area contributed by atoms with Gasteiger partial charge in [0.15, 0.2) is 0 Å². The highest BCUT2D eigenvalue weighted by atomic mass is 32.1. The maximum absolute atomic E-state index is 13.1. The van der Waals surface area contributed by atoms with Crippen molar-refractivity contribution < 1.29 is 8.78 Å². The van der Waals surface area contributed by atoms with Crippen molar-refractivity contribution in [2.24, 2.45) is 0 Å². The Morgan fingerprint density at radius 3 is 2.56 bits per heavy atom. The molecule has 0 amide bonds. The first-order valence-electron chi connectivity index (χ1n) is 5.30. The topological polar surface area (TPSA) is 35.8 Å². The number of benzene rings is 1. The Morgan fingerprint density at radius 2 is 2.00 bits per heavy atom. The van der Waals surface area contributed by atoms with Crippen molar-refractivity contribution in [2.45, 2.75) is 12.6 Å². The van der Waals surface area contributed by atoms with Gasteiger partial charge in [-0.15, -0.1) is 11.3 Å².